The zero-order valence-electron chi connectivity index (χ0n) is 8.87. The highest BCUT2D eigenvalue weighted by molar-refractivity contribution is 7.99. The first-order valence-corrected chi connectivity index (χ1v) is 5.75. The van der Waals surface area contributed by atoms with E-state index in [1.165, 1.54) is 23.9 Å². The summed E-state index contributed by atoms with van der Waals surface area (Å²) in [6.07, 6.45) is 0. The van der Waals surface area contributed by atoms with Gasteiger partial charge in [0.25, 0.3) is 5.69 Å². The molecule has 0 atom stereocenters. The van der Waals surface area contributed by atoms with Crippen LogP contribution in [-0.2, 0) is 0 Å². The summed E-state index contributed by atoms with van der Waals surface area (Å²) in [6, 6.07) is 14.1. The standard InChI is InChI=1S/C12H10N2O2S/c13-11-7-6-9(14(15)16)8-12(11)17-10-4-2-1-3-5-10/h1-8H,13H2. The van der Waals surface area contributed by atoms with Crippen molar-refractivity contribution >= 4 is 23.1 Å². The molecule has 0 heterocycles. The van der Waals surface area contributed by atoms with Crippen LogP contribution in [-0.4, -0.2) is 4.92 Å². The Morgan fingerprint density at radius 1 is 1.12 bits per heavy atom. The fourth-order valence-corrected chi connectivity index (χ4v) is 2.25. The summed E-state index contributed by atoms with van der Waals surface area (Å²) in [5.41, 5.74) is 6.39. The van der Waals surface area contributed by atoms with Crippen LogP contribution in [0.4, 0.5) is 11.4 Å². The Labute approximate surface area is 103 Å². The second-order valence-corrected chi connectivity index (χ2v) is 4.51. The monoisotopic (exact) mass is 246 g/mol. The van der Waals surface area contributed by atoms with E-state index >= 15 is 0 Å². The zero-order valence-corrected chi connectivity index (χ0v) is 9.68. The van der Waals surface area contributed by atoms with Gasteiger partial charge in [0.2, 0.25) is 0 Å². The molecule has 0 radical (unpaired) electrons. The fourth-order valence-electron chi connectivity index (χ4n) is 1.34. The Balaban J connectivity index is 2.32. The maximum atomic E-state index is 10.7. The first kappa shape index (κ1) is 11.5. The Hall–Kier alpha value is -2.01. The number of non-ortho nitro benzene ring substituents is 1. The van der Waals surface area contributed by atoms with Gasteiger partial charge in [-0.25, -0.2) is 0 Å². The lowest BCUT2D eigenvalue weighted by molar-refractivity contribution is -0.385. The summed E-state index contributed by atoms with van der Waals surface area (Å²) in [4.78, 5) is 11.9. The lowest BCUT2D eigenvalue weighted by Gasteiger charge is -2.04. The molecule has 0 saturated heterocycles. The van der Waals surface area contributed by atoms with Crippen LogP contribution in [0.5, 0.6) is 0 Å². The molecule has 0 spiro atoms. The van der Waals surface area contributed by atoms with Gasteiger partial charge in [-0.05, 0) is 18.2 Å². The number of hydrogen-bond donors (Lipinski definition) is 1. The fraction of sp³-hybridized carbons (Fsp3) is 0. The molecule has 0 aliphatic heterocycles. The number of benzene rings is 2. The Morgan fingerprint density at radius 2 is 1.82 bits per heavy atom. The van der Waals surface area contributed by atoms with Gasteiger partial charge < -0.3 is 5.73 Å². The lowest BCUT2D eigenvalue weighted by Crippen LogP contribution is -1.92. The van der Waals surface area contributed by atoms with Crippen molar-refractivity contribution in [1.29, 1.82) is 0 Å². The van der Waals surface area contributed by atoms with Crippen molar-refractivity contribution in [2.75, 3.05) is 5.73 Å². The summed E-state index contributed by atoms with van der Waals surface area (Å²) in [5, 5.41) is 10.7. The minimum absolute atomic E-state index is 0.0534. The van der Waals surface area contributed by atoms with Crippen LogP contribution in [0, 0.1) is 10.1 Å². The number of nitro groups is 1. The maximum Gasteiger partial charge on any atom is 0.270 e. The molecule has 0 aliphatic carbocycles. The Kier molecular flexibility index (Phi) is 3.30. The third-order valence-corrected chi connectivity index (χ3v) is 3.26. The third kappa shape index (κ3) is 2.76. The summed E-state index contributed by atoms with van der Waals surface area (Å²) >= 11 is 1.42. The highest BCUT2D eigenvalue weighted by atomic mass is 32.2. The topological polar surface area (TPSA) is 69.2 Å². The smallest absolute Gasteiger partial charge is 0.270 e. The number of nitro benzene ring substituents is 1. The molecule has 0 unspecified atom stereocenters. The van der Waals surface area contributed by atoms with Crippen molar-refractivity contribution in [1.82, 2.24) is 0 Å². The summed E-state index contributed by atoms with van der Waals surface area (Å²) in [7, 11) is 0. The molecule has 0 amide bonds. The number of nitrogens with zero attached hydrogens (tertiary/aromatic N) is 1. The van der Waals surface area contributed by atoms with Gasteiger partial charge >= 0.3 is 0 Å². The average Bonchev–Trinajstić information content (AvgIpc) is 2.33. The predicted molar refractivity (Wildman–Crippen MR) is 68.1 cm³/mol. The van der Waals surface area contributed by atoms with E-state index < -0.39 is 4.92 Å². The van der Waals surface area contributed by atoms with E-state index in [2.05, 4.69) is 0 Å². The van der Waals surface area contributed by atoms with E-state index in [0.717, 1.165) is 4.90 Å². The molecule has 2 aromatic carbocycles. The van der Waals surface area contributed by atoms with Gasteiger partial charge in [0.1, 0.15) is 0 Å². The lowest BCUT2D eigenvalue weighted by atomic mass is 10.3. The summed E-state index contributed by atoms with van der Waals surface area (Å²) in [6.45, 7) is 0. The summed E-state index contributed by atoms with van der Waals surface area (Å²) in [5.74, 6) is 0. The van der Waals surface area contributed by atoms with Crippen LogP contribution < -0.4 is 5.73 Å². The normalized spacial score (nSPS) is 10.1. The van der Waals surface area contributed by atoms with Gasteiger partial charge in [-0.3, -0.25) is 10.1 Å². The van der Waals surface area contributed by atoms with Gasteiger partial charge in [-0.2, -0.15) is 0 Å². The molecule has 17 heavy (non-hydrogen) atoms. The van der Waals surface area contributed by atoms with Crippen LogP contribution in [0.2, 0.25) is 0 Å². The molecule has 0 aromatic heterocycles. The molecular formula is C12H10N2O2S. The summed E-state index contributed by atoms with van der Waals surface area (Å²) < 4.78 is 0. The van der Waals surface area contributed by atoms with E-state index in [4.69, 9.17) is 5.73 Å². The molecule has 0 bridgehead atoms. The van der Waals surface area contributed by atoms with Crippen molar-refractivity contribution in [2.24, 2.45) is 0 Å². The first-order valence-electron chi connectivity index (χ1n) is 4.93. The van der Waals surface area contributed by atoms with Crippen molar-refractivity contribution in [3.8, 4) is 0 Å². The van der Waals surface area contributed by atoms with E-state index in [1.807, 2.05) is 30.3 Å². The quantitative estimate of drug-likeness (QED) is 0.512. The van der Waals surface area contributed by atoms with Gasteiger partial charge in [0.15, 0.2) is 0 Å². The average molecular weight is 246 g/mol. The van der Waals surface area contributed by atoms with Gasteiger partial charge in [0.05, 0.1) is 4.92 Å². The maximum absolute atomic E-state index is 10.7. The van der Waals surface area contributed by atoms with Crippen LogP contribution in [0.3, 0.4) is 0 Å². The molecule has 0 saturated carbocycles. The third-order valence-electron chi connectivity index (χ3n) is 2.18. The molecule has 5 heteroatoms. The van der Waals surface area contributed by atoms with Crippen LogP contribution in [0.15, 0.2) is 58.3 Å². The van der Waals surface area contributed by atoms with Crippen molar-refractivity contribution < 1.29 is 4.92 Å². The van der Waals surface area contributed by atoms with E-state index in [-0.39, 0.29) is 5.69 Å². The Morgan fingerprint density at radius 3 is 2.47 bits per heavy atom. The molecule has 2 rings (SSSR count). The highest BCUT2D eigenvalue weighted by Crippen LogP contribution is 2.34. The number of anilines is 1. The van der Waals surface area contributed by atoms with Crippen LogP contribution in [0.1, 0.15) is 0 Å². The van der Waals surface area contributed by atoms with Crippen LogP contribution in [0.25, 0.3) is 0 Å². The number of rotatable bonds is 3. The SMILES string of the molecule is Nc1ccc([N+](=O)[O-])cc1Sc1ccccc1. The van der Waals surface area contributed by atoms with E-state index in [9.17, 15) is 10.1 Å². The largest absolute Gasteiger partial charge is 0.398 e. The minimum Gasteiger partial charge on any atom is -0.398 e. The molecule has 0 aliphatic rings. The van der Waals surface area contributed by atoms with Crippen molar-refractivity contribution in [2.45, 2.75) is 9.79 Å². The van der Waals surface area contributed by atoms with Crippen LogP contribution >= 0.6 is 11.8 Å². The number of hydrogen-bond acceptors (Lipinski definition) is 4. The molecule has 2 aromatic rings. The second kappa shape index (κ2) is 4.88. The van der Waals surface area contributed by atoms with Crippen molar-refractivity contribution in [3.05, 3.63) is 58.6 Å². The van der Waals surface area contributed by atoms with Crippen molar-refractivity contribution in [3.63, 3.8) is 0 Å². The molecule has 86 valence electrons. The van der Waals surface area contributed by atoms with Gasteiger partial charge in [-0.1, -0.05) is 30.0 Å². The number of nitrogens with two attached hydrogens (primary N) is 1. The minimum atomic E-state index is -0.422. The second-order valence-electron chi connectivity index (χ2n) is 3.39. The first-order chi connectivity index (χ1) is 8.16. The molecule has 4 nitrogen and oxygen atoms in total. The zero-order chi connectivity index (χ0) is 12.3. The van der Waals surface area contributed by atoms with Gasteiger partial charge in [-0.15, -0.1) is 0 Å². The van der Waals surface area contributed by atoms with Gasteiger partial charge in [0, 0.05) is 27.6 Å². The van der Waals surface area contributed by atoms with E-state index in [1.54, 1.807) is 6.07 Å². The Bertz CT molecular complexity index is 543. The highest BCUT2D eigenvalue weighted by Gasteiger charge is 2.09. The molecule has 2 N–H and O–H groups in total. The molecular weight excluding hydrogens is 236 g/mol. The molecule has 0 fully saturated rings. The van der Waals surface area contributed by atoms with E-state index in [0.29, 0.717) is 10.6 Å². The predicted octanol–water partition coefficient (Wildman–Crippen LogP) is 3.33. The number of nitrogen functional groups attached to an aromatic ring is 1.